The van der Waals surface area contributed by atoms with Crippen LogP contribution < -0.4 is 9.47 Å². The highest BCUT2D eigenvalue weighted by Gasteiger charge is 2.34. The molecule has 0 saturated carbocycles. The maximum atomic E-state index is 12.4. The van der Waals surface area contributed by atoms with Crippen LogP contribution in [0.15, 0.2) is 48.5 Å². The minimum atomic E-state index is -1.08. The van der Waals surface area contributed by atoms with Gasteiger partial charge in [-0.1, -0.05) is 30.3 Å². The van der Waals surface area contributed by atoms with Crippen LogP contribution in [0.5, 0.6) is 11.5 Å². The summed E-state index contributed by atoms with van der Waals surface area (Å²) in [5, 5.41) is 10.2. The Labute approximate surface area is 147 Å². The molecular formula is C20H23NO4. The van der Waals surface area contributed by atoms with E-state index in [1.54, 1.807) is 31.3 Å². The fraction of sp³-hybridized carbons (Fsp3) is 0.350. The van der Waals surface area contributed by atoms with Gasteiger partial charge in [0.15, 0.2) is 6.10 Å². The fourth-order valence-corrected chi connectivity index (χ4v) is 3.15. The molecule has 0 aliphatic carbocycles. The van der Waals surface area contributed by atoms with E-state index in [2.05, 4.69) is 0 Å². The molecule has 1 amide bonds. The quantitative estimate of drug-likeness (QED) is 0.877. The monoisotopic (exact) mass is 341 g/mol. The number of hydrogen-bond acceptors (Lipinski definition) is 4. The van der Waals surface area contributed by atoms with Gasteiger partial charge in [-0.2, -0.15) is 0 Å². The summed E-state index contributed by atoms with van der Waals surface area (Å²) in [4.78, 5) is 14.1. The van der Waals surface area contributed by atoms with E-state index in [-0.39, 0.29) is 5.91 Å². The molecule has 1 unspecified atom stereocenters. The SMILES string of the molecule is COc1cc(CC2CN(C(=O)C(O)c3ccccc3)C2)cc(OC)c1. The third-order valence-electron chi connectivity index (χ3n) is 4.55. The second-order valence-electron chi connectivity index (χ2n) is 6.35. The average Bonchev–Trinajstić information content (AvgIpc) is 2.63. The lowest BCUT2D eigenvalue weighted by molar-refractivity contribution is -0.147. The lowest BCUT2D eigenvalue weighted by atomic mass is 9.91. The van der Waals surface area contributed by atoms with Gasteiger partial charge in [-0.05, 0) is 35.6 Å². The number of hydrogen-bond donors (Lipinski definition) is 1. The van der Waals surface area contributed by atoms with Crippen molar-refractivity contribution in [3.63, 3.8) is 0 Å². The van der Waals surface area contributed by atoms with E-state index in [9.17, 15) is 9.90 Å². The Kier molecular flexibility index (Phi) is 5.24. The molecular weight excluding hydrogens is 318 g/mol. The zero-order valence-electron chi connectivity index (χ0n) is 14.5. The molecule has 2 aromatic rings. The second kappa shape index (κ2) is 7.57. The van der Waals surface area contributed by atoms with Gasteiger partial charge in [0.05, 0.1) is 14.2 Å². The van der Waals surface area contributed by atoms with Gasteiger partial charge in [0.1, 0.15) is 11.5 Å². The van der Waals surface area contributed by atoms with Crippen molar-refractivity contribution in [3.05, 3.63) is 59.7 Å². The number of ether oxygens (including phenoxy) is 2. The van der Waals surface area contributed by atoms with Crippen molar-refractivity contribution < 1.29 is 19.4 Å². The van der Waals surface area contributed by atoms with Gasteiger partial charge >= 0.3 is 0 Å². The molecule has 25 heavy (non-hydrogen) atoms. The first-order valence-corrected chi connectivity index (χ1v) is 8.34. The number of carbonyl (C=O) groups is 1. The molecule has 1 heterocycles. The van der Waals surface area contributed by atoms with Crippen LogP contribution in [0.4, 0.5) is 0 Å². The molecule has 0 radical (unpaired) electrons. The molecule has 1 aliphatic heterocycles. The standard InChI is InChI=1S/C20H23NO4/c1-24-17-9-14(10-18(11-17)25-2)8-15-12-21(13-15)20(23)19(22)16-6-4-3-5-7-16/h3-7,9-11,15,19,22H,8,12-13H2,1-2H3. The lowest BCUT2D eigenvalue weighted by Crippen LogP contribution is -2.52. The summed E-state index contributed by atoms with van der Waals surface area (Å²) in [5.74, 6) is 1.68. The highest BCUT2D eigenvalue weighted by molar-refractivity contribution is 5.82. The van der Waals surface area contributed by atoms with E-state index in [1.165, 1.54) is 0 Å². The highest BCUT2D eigenvalue weighted by Crippen LogP contribution is 2.28. The predicted octanol–water partition coefficient (Wildman–Crippen LogP) is 2.44. The van der Waals surface area contributed by atoms with E-state index in [0.717, 1.165) is 23.5 Å². The van der Waals surface area contributed by atoms with Crippen LogP contribution >= 0.6 is 0 Å². The van der Waals surface area contributed by atoms with Gasteiger partial charge in [0.25, 0.3) is 5.91 Å². The Balaban J connectivity index is 1.57. The first-order chi connectivity index (χ1) is 12.1. The first kappa shape index (κ1) is 17.3. The zero-order chi connectivity index (χ0) is 17.8. The lowest BCUT2D eigenvalue weighted by Gasteiger charge is -2.40. The molecule has 2 aromatic carbocycles. The molecule has 1 atom stereocenters. The van der Waals surface area contributed by atoms with Crippen molar-refractivity contribution >= 4 is 5.91 Å². The number of methoxy groups -OCH3 is 2. The molecule has 5 nitrogen and oxygen atoms in total. The van der Waals surface area contributed by atoms with E-state index < -0.39 is 6.10 Å². The minimum Gasteiger partial charge on any atom is -0.497 e. The summed E-state index contributed by atoms with van der Waals surface area (Å²) < 4.78 is 10.6. The normalized spacial score (nSPS) is 15.4. The Hall–Kier alpha value is -2.53. The van der Waals surface area contributed by atoms with E-state index in [4.69, 9.17) is 9.47 Å². The second-order valence-corrected chi connectivity index (χ2v) is 6.35. The van der Waals surface area contributed by atoms with Gasteiger partial charge in [0, 0.05) is 19.2 Å². The summed E-state index contributed by atoms with van der Waals surface area (Å²) in [7, 11) is 3.26. The number of likely N-dealkylation sites (tertiary alicyclic amines) is 1. The van der Waals surface area contributed by atoms with Crippen LogP contribution in [-0.2, 0) is 11.2 Å². The number of amides is 1. The van der Waals surface area contributed by atoms with Gasteiger partial charge < -0.3 is 19.5 Å². The maximum absolute atomic E-state index is 12.4. The Bertz CT molecular complexity index is 703. The Morgan fingerprint density at radius 1 is 1.12 bits per heavy atom. The largest absolute Gasteiger partial charge is 0.497 e. The van der Waals surface area contributed by atoms with Crippen LogP contribution in [0.25, 0.3) is 0 Å². The Morgan fingerprint density at radius 2 is 1.72 bits per heavy atom. The summed E-state index contributed by atoms with van der Waals surface area (Å²) >= 11 is 0. The molecule has 1 saturated heterocycles. The molecule has 1 fully saturated rings. The summed E-state index contributed by atoms with van der Waals surface area (Å²) in [5.41, 5.74) is 1.75. The minimum absolute atomic E-state index is 0.231. The van der Waals surface area contributed by atoms with Gasteiger partial charge in [-0.15, -0.1) is 0 Å². The van der Waals surface area contributed by atoms with Crippen molar-refractivity contribution in [2.24, 2.45) is 5.92 Å². The van der Waals surface area contributed by atoms with Crippen LogP contribution in [0.1, 0.15) is 17.2 Å². The predicted molar refractivity (Wildman–Crippen MR) is 94.7 cm³/mol. The van der Waals surface area contributed by atoms with Crippen molar-refractivity contribution in [2.75, 3.05) is 27.3 Å². The molecule has 132 valence electrons. The number of aliphatic hydroxyl groups is 1. The third-order valence-corrected chi connectivity index (χ3v) is 4.55. The van der Waals surface area contributed by atoms with Crippen molar-refractivity contribution in [1.29, 1.82) is 0 Å². The van der Waals surface area contributed by atoms with Crippen LogP contribution in [0.3, 0.4) is 0 Å². The van der Waals surface area contributed by atoms with Gasteiger partial charge in [-0.3, -0.25) is 4.79 Å². The van der Waals surface area contributed by atoms with Crippen LogP contribution in [0, 0.1) is 5.92 Å². The van der Waals surface area contributed by atoms with E-state index in [1.807, 2.05) is 36.4 Å². The zero-order valence-corrected chi connectivity index (χ0v) is 14.5. The fourth-order valence-electron chi connectivity index (χ4n) is 3.15. The molecule has 1 aliphatic rings. The molecule has 0 spiro atoms. The topological polar surface area (TPSA) is 59.0 Å². The van der Waals surface area contributed by atoms with Gasteiger partial charge in [-0.25, -0.2) is 0 Å². The smallest absolute Gasteiger partial charge is 0.256 e. The summed E-state index contributed by atoms with van der Waals surface area (Å²) in [6, 6.07) is 14.9. The molecule has 5 heteroatoms. The first-order valence-electron chi connectivity index (χ1n) is 8.34. The average molecular weight is 341 g/mol. The summed E-state index contributed by atoms with van der Waals surface area (Å²) in [6.07, 6.45) is -0.238. The van der Waals surface area contributed by atoms with E-state index >= 15 is 0 Å². The maximum Gasteiger partial charge on any atom is 0.256 e. The molecule has 0 aromatic heterocycles. The molecule has 3 rings (SSSR count). The third kappa shape index (κ3) is 3.94. The van der Waals surface area contributed by atoms with E-state index in [0.29, 0.717) is 24.6 Å². The Morgan fingerprint density at radius 3 is 2.28 bits per heavy atom. The highest BCUT2D eigenvalue weighted by atomic mass is 16.5. The van der Waals surface area contributed by atoms with Crippen molar-refractivity contribution in [3.8, 4) is 11.5 Å². The summed E-state index contributed by atoms with van der Waals surface area (Å²) in [6.45, 7) is 1.31. The van der Waals surface area contributed by atoms with Crippen molar-refractivity contribution in [2.45, 2.75) is 12.5 Å². The molecule has 1 N–H and O–H groups in total. The van der Waals surface area contributed by atoms with Crippen LogP contribution in [-0.4, -0.2) is 43.2 Å². The number of rotatable bonds is 6. The number of nitrogens with zero attached hydrogens (tertiary/aromatic N) is 1. The number of carbonyl (C=O) groups excluding carboxylic acids is 1. The van der Waals surface area contributed by atoms with Crippen LogP contribution in [0.2, 0.25) is 0 Å². The number of aliphatic hydroxyl groups excluding tert-OH is 1. The van der Waals surface area contributed by atoms with Gasteiger partial charge in [0.2, 0.25) is 0 Å². The number of benzene rings is 2. The molecule has 0 bridgehead atoms. The van der Waals surface area contributed by atoms with Crippen molar-refractivity contribution in [1.82, 2.24) is 4.90 Å².